The number of benzene rings is 2. The third kappa shape index (κ3) is 4.03. The van der Waals surface area contributed by atoms with E-state index in [1.165, 1.54) is 17.0 Å². The van der Waals surface area contributed by atoms with E-state index in [4.69, 9.17) is 11.6 Å². The van der Waals surface area contributed by atoms with Crippen molar-refractivity contribution < 1.29 is 18.8 Å². The molecule has 0 aliphatic carbocycles. The largest absolute Gasteiger partial charge is 0.342 e. The van der Waals surface area contributed by atoms with Crippen LogP contribution in [-0.2, 0) is 22.6 Å². The number of imide groups is 1. The van der Waals surface area contributed by atoms with E-state index in [-0.39, 0.29) is 30.6 Å². The molecular weight excluding hydrogens is 409 g/mol. The van der Waals surface area contributed by atoms with Crippen LogP contribution in [-0.4, -0.2) is 46.3 Å². The lowest BCUT2D eigenvalue weighted by molar-refractivity contribution is -0.138. The number of hydrogen-bond donors (Lipinski definition) is 1. The highest BCUT2D eigenvalue weighted by molar-refractivity contribution is 6.30. The Balaban J connectivity index is 1.38. The molecule has 156 valence electrons. The summed E-state index contributed by atoms with van der Waals surface area (Å²) in [5.74, 6) is -0.677. The minimum absolute atomic E-state index is 0.0775. The summed E-state index contributed by atoms with van der Waals surface area (Å²) in [7, 11) is 0. The highest BCUT2D eigenvalue weighted by Gasteiger charge is 2.52. The van der Waals surface area contributed by atoms with Crippen molar-refractivity contribution >= 4 is 29.4 Å². The molecule has 2 aromatic rings. The van der Waals surface area contributed by atoms with E-state index in [2.05, 4.69) is 5.32 Å². The number of nitrogens with zero attached hydrogens (tertiary/aromatic N) is 2. The average molecular weight is 430 g/mol. The van der Waals surface area contributed by atoms with Crippen molar-refractivity contribution in [1.29, 1.82) is 0 Å². The Bertz CT molecular complexity index is 970. The maximum atomic E-state index is 13.0. The van der Waals surface area contributed by atoms with Crippen molar-refractivity contribution in [2.24, 2.45) is 0 Å². The molecule has 2 saturated heterocycles. The highest BCUT2D eigenvalue weighted by atomic mass is 35.5. The fourth-order valence-corrected chi connectivity index (χ4v) is 4.08. The van der Waals surface area contributed by atoms with Crippen LogP contribution in [0, 0.1) is 5.82 Å². The van der Waals surface area contributed by atoms with Crippen LogP contribution in [0.3, 0.4) is 0 Å². The molecule has 1 N–H and O–H groups in total. The van der Waals surface area contributed by atoms with Gasteiger partial charge >= 0.3 is 6.03 Å². The van der Waals surface area contributed by atoms with E-state index in [0.29, 0.717) is 31.0 Å². The molecule has 1 spiro atoms. The molecule has 2 aromatic carbocycles. The number of carbonyl (C=O) groups is 3. The maximum Gasteiger partial charge on any atom is 0.325 e. The topological polar surface area (TPSA) is 69.7 Å². The Morgan fingerprint density at radius 1 is 1.00 bits per heavy atom. The number of nitrogens with one attached hydrogen (secondary N) is 1. The summed E-state index contributed by atoms with van der Waals surface area (Å²) < 4.78 is 13.0. The average Bonchev–Trinajstić information content (AvgIpc) is 2.96. The smallest absolute Gasteiger partial charge is 0.325 e. The standard InChI is InChI=1S/C22H21ClFN3O3/c23-17-5-1-16(2-6-17)14-27-20(29)22(25-21(27)30)9-11-26(12-10-22)19(28)13-15-3-7-18(24)8-4-15/h1-8H,9-14H2,(H,25,30). The Labute approximate surface area is 178 Å². The molecule has 4 rings (SSSR count). The predicted octanol–water partition coefficient (Wildman–Crippen LogP) is 3.13. The Hall–Kier alpha value is -2.93. The van der Waals surface area contributed by atoms with Crippen LogP contribution in [0.5, 0.6) is 0 Å². The number of likely N-dealkylation sites (tertiary alicyclic amines) is 1. The van der Waals surface area contributed by atoms with Crippen LogP contribution in [0.4, 0.5) is 9.18 Å². The predicted molar refractivity (Wildman–Crippen MR) is 109 cm³/mol. The zero-order valence-electron chi connectivity index (χ0n) is 16.2. The van der Waals surface area contributed by atoms with Crippen molar-refractivity contribution in [3.8, 4) is 0 Å². The molecule has 6 nitrogen and oxygen atoms in total. The van der Waals surface area contributed by atoms with Crippen LogP contribution < -0.4 is 5.32 Å². The quantitative estimate of drug-likeness (QED) is 0.759. The van der Waals surface area contributed by atoms with Crippen molar-refractivity contribution in [2.45, 2.75) is 31.3 Å². The van der Waals surface area contributed by atoms with Crippen LogP contribution in [0.1, 0.15) is 24.0 Å². The van der Waals surface area contributed by atoms with Crippen molar-refractivity contribution in [1.82, 2.24) is 15.1 Å². The molecule has 0 unspecified atom stereocenters. The molecule has 2 heterocycles. The fraction of sp³-hybridized carbons (Fsp3) is 0.318. The molecule has 4 amide bonds. The summed E-state index contributed by atoms with van der Waals surface area (Å²) in [6.45, 7) is 0.929. The lowest BCUT2D eigenvalue weighted by Gasteiger charge is -2.37. The van der Waals surface area contributed by atoms with Crippen LogP contribution in [0.2, 0.25) is 5.02 Å². The molecule has 2 aliphatic heterocycles. The number of rotatable bonds is 4. The number of hydrogen-bond acceptors (Lipinski definition) is 3. The maximum absolute atomic E-state index is 13.0. The van der Waals surface area contributed by atoms with Gasteiger partial charge in [-0.25, -0.2) is 9.18 Å². The summed E-state index contributed by atoms with van der Waals surface area (Å²) >= 11 is 5.89. The van der Waals surface area contributed by atoms with E-state index in [0.717, 1.165) is 11.1 Å². The van der Waals surface area contributed by atoms with E-state index < -0.39 is 11.6 Å². The SMILES string of the molecule is O=C(Cc1ccc(F)cc1)N1CCC2(CC1)NC(=O)N(Cc1ccc(Cl)cc1)C2=O. The molecule has 0 bridgehead atoms. The first-order valence-electron chi connectivity index (χ1n) is 9.77. The van der Waals surface area contributed by atoms with Gasteiger partial charge in [-0.15, -0.1) is 0 Å². The number of urea groups is 1. The molecule has 0 aromatic heterocycles. The molecule has 0 saturated carbocycles. The minimum atomic E-state index is -0.962. The number of carbonyl (C=O) groups excluding carboxylic acids is 3. The third-order valence-corrected chi connectivity index (χ3v) is 5.99. The first-order chi connectivity index (χ1) is 14.4. The van der Waals surface area contributed by atoms with Crippen molar-refractivity contribution in [2.75, 3.05) is 13.1 Å². The summed E-state index contributed by atoms with van der Waals surface area (Å²) in [6, 6.07) is 12.4. The first kappa shape index (κ1) is 20.3. The van der Waals surface area contributed by atoms with Gasteiger partial charge in [0.15, 0.2) is 0 Å². The van der Waals surface area contributed by atoms with Crippen LogP contribution >= 0.6 is 11.6 Å². The van der Waals surface area contributed by atoms with E-state index in [1.54, 1.807) is 41.3 Å². The zero-order valence-corrected chi connectivity index (χ0v) is 17.0. The van der Waals surface area contributed by atoms with Gasteiger partial charge < -0.3 is 10.2 Å². The molecule has 0 radical (unpaired) electrons. The van der Waals surface area contributed by atoms with Gasteiger partial charge in [-0.1, -0.05) is 35.9 Å². The van der Waals surface area contributed by atoms with E-state index >= 15 is 0 Å². The summed E-state index contributed by atoms with van der Waals surface area (Å²) in [4.78, 5) is 41.0. The minimum Gasteiger partial charge on any atom is -0.342 e. The lowest BCUT2D eigenvalue weighted by atomic mass is 9.87. The highest BCUT2D eigenvalue weighted by Crippen LogP contribution is 2.31. The Kier molecular flexibility index (Phi) is 5.47. The second kappa shape index (κ2) is 8.07. The van der Waals surface area contributed by atoms with E-state index in [1.807, 2.05) is 0 Å². The number of piperidine rings is 1. The second-order valence-corrected chi connectivity index (χ2v) is 8.15. The normalized spacial score (nSPS) is 18.1. The van der Waals surface area contributed by atoms with Gasteiger partial charge in [0.2, 0.25) is 5.91 Å². The van der Waals surface area contributed by atoms with Gasteiger partial charge in [0.1, 0.15) is 11.4 Å². The number of amides is 4. The van der Waals surface area contributed by atoms with Crippen LogP contribution in [0.15, 0.2) is 48.5 Å². The van der Waals surface area contributed by atoms with Gasteiger partial charge in [-0.2, -0.15) is 0 Å². The molecule has 30 heavy (non-hydrogen) atoms. The van der Waals surface area contributed by atoms with Crippen molar-refractivity contribution in [3.63, 3.8) is 0 Å². The Morgan fingerprint density at radius 3 is 2.23 bits per heavy atom. The van der Waals surface area contributed by atoms with Crippen LogP contribution in [0.25, 0.3) is 0 Å². The molecular formula is C22H21ClFN3O3. The monoisotopic (exact) mass is 429 g/mol. The summed E-state index contributed by atoms with van der Waals surface area (Å²) in [6.07, 6.45) is 0.907. The van der Waals surface area contributed by atoms with Gasteiger partial charge in [0.05, 0.1) is 13.0 Å². The number of halogens is 2. The van der Waals surface area contributed by atoms with Crippen molar-refractivity contribution in [3.05, 3.63) is 70.5 Å². The Morgan fingerprint density at radius 2 is 1.60 bits per heavy atom. The molecule has 0 atom stereocenters. The third-order valence-electron chi connectivity index (χ3n) is 5.74. The first-order valence-corrected chi connectivity index (χ1v) is 10.1. The zero-order chi connectivity index (χ0) is 21.3. The van der Waals surface area contributed by atoms with Gasteiger partial charge in [0, 0.05) is 18.1 Å². The van der Waals surface area contributed by atoms with Gasteiger partial charge in [-0.3, -0.25) is 14.5 Å². The lowest BCUT2D eigenvalue weighted by Crippen LogP contribution is -2.56. The second-order valence-electron chi connectivity index (χ2n) is 7.71. The fourth-order valence-electron chi connectivity index (χ4n) is 3.96. The van der Waals surface area contributed by atoms with E-state index in [9.17, 15) is 18.8 Å². The summed E-state index contributed by atoms with van der Waals surface area (Å²) in [5.41, 5.74) is 0.587. The molecule has 2 fully saturated rings. The van der Waals surface area contributed by atoms with Gasteiger partial charge in [-0.05, 0) is 48.2 Å². The molecule has 2 aliphatic rings. The van der Waals surface area contributed by atoms with Gasteiger partial charge in [0.25, 0.3) is 5.91 Å². The summed E-state index contributed by atoms with van der Waals surface area (Å²) in [5, 5.41) is 3.44. The molecule has 8 heteroatoms.